The molecule has 0 atom stereocenters. The molecule has 2 amide bonds. The second-order valence-electron chi connectivity index (χ2n) is 4.85. The SMILES string of the molecule is CN(N=Cc1ccc(C(=O)NO)cc1F)C(=O)c1c(F)cccc1Cl. The molecule has 130 valence electrons. The molecule has 0 aliphatic rings. The third-order valence-corrected chi connectivity index (χ3v) is 3.52. The fourth-order valence-electron chi connectivity index (χ4n) is 1.90. The summed E-state index contributed by atoms with van der Waals surface area (Å²) in [6.45, 7) is 0. The highest BCUT2D eigenvalue weighted by molar-refractivity contribution is 6.33. The van der Waals surface area contributed by atoms with Crippen LogP contribution >= 0.6 is 11.6 Å². The summed E-state index contributed by atoms with van der Waals surface area (Å²) in [7, 11) is 1.26. The smallest absolute Gasteiger partial charge is 0.278 e. The number of halogens is 3. The zero-order chi connectivity index (χ0) is 18.6. The Balaban J connectivity index is 2.21. The minimum absolute atomic E-state index is 0.0197. The summed E-state index contributed by atoms with van der Waals surface area (Å²) in [5.74, 6) is -3.28. The number of nitrogens with zero attached hydrogens (tertiary/aromatic N) is 2. The second kappa shape index (κ2) is 7.82. The quantitative estimate of drug-likeness (QED) is 0.495. The van der Waals surface area contributed by atoms with Crippen molar-refractivity contribution in [2.45, 2.75) is 0 Å². The molecule has 0 aliphatic carbocycles. The molecule has 0 aliphatic heterocycles. The van der Waals surface area contributed by atoms with Crippen molar-refractivity contribution in [3.8, 4) is 0 Å². The second-order valence-corrected chi connectivity index (χ2v) is 5.25. The van der Waals surface area contributed by atoms with Crippen LogP contribution in [-0.4, -0.2) is 35.3 Å². The van der Waals surface area contributed by atoms with Crippen molar-refractivity contribution in [3.05, 3.63) is 69.7 Å². The maximum absolute atomic E-state index is 13.9. The van der Waals surface area contributed by atoms with E-state index in [0.717, 1.165) is 23.4 Å². The van der Waals surface area contributed by atoms with E-state index in [1.165, 1.54) is 36.8 Å². The van der Waals surface area contributed by atoms with Crippen molar-refractivity contribution in [1.82, 2.24) is 10.5 Å². The molecule has 0 aromatic heterocycles. The first kappa shape index (κ1) is 18.5. The normalized spacial score (nSPS) is 10.8. The number of hydrogen-bond acceptors (Lipinski definition) is 4. The first-order chi connectivity index (χ1) is 11.8. The van der Waals surface area contributed by atoms with Crippen molar-refractivity contribution < 1.29 is 23.6 Å². The zero-order valence-electron chi connectivity index (χ0n) is 12.8. The van der Waals surface area contributed by atoms with Crippen LogP contribution in [0.3, 0.4) is 0 Å². The third-order valence-electron chi connectivity index (χ3n) is 3.20. The van der Waals surface area contributed by atoms with E-state index in [1.807, 2.05) is 0 Å². The van der Waals surface area contributed by atoms with Crippen LogP contribution < -0.4 is 5.48 Å². The lowest BCUT2D eigenvalue weighted by atomic mass is 10.1. The molecule has 6 nitrogen and oxygen atoms in total. The fraction of sp³-hybridized carbons (Fsp3) is 0.0625. The summed E-state index contributed by atoms with van der Waals surface area (Å²) in [6, 6.07) is 7.18. The highest BCUT2D eigenvalue weighted by Crippen LogP contribution is 2.20. The Morgan fingerprint density at radius 1 is 1.24 bits per heavy atom. The molecular formula is C16H12ClF2N3O3. The number of carbonyl (C=O) groups is 2. The van der Waals surface area contributed by atoms with Crippen LogP contribution in [0.4, 0.5) is 8.78 Å². The van der Waals surface area contributed by atoms with Gasteiger partial charge in [-0.05, 0) is 30.3 Å². The van der Waals surface area contributed by atoms with Crippen LogP contribution in [0.1, 0.15) is 26.3 Å². The van der Waals surface area contributed by atoms with E-state index in [4.69, 9.17) is 16.8 Å². The van der Waals surface area contributed by atoms with Crippen molar-refractivity contribution >= 4 is 29.6 Å². The Kier molecular flexibility index (Phi) is 5.79. The first-order valence-electron chi connectivity index (χ1n) is 6.85. The van der Waals surface area contributed by atoms with Crippen molar-refractivity contribution in [3.63, 3.8) is 0 Å². The van der Waals surface area contributed by atoms with Gasteiger partial charge in [-0.2, -0.15) is 5.10 Å². The van der Waals surface area contributed by atoms with E-state index in [1.54, 1.807) is 0 Å². The van der Waals surface area contributed by atoms with Gasteiger partial charge in [0.25, 0.3) is 11.8 Å². The molecule has 0 saturated carbocycles. The van der Waals surface area contributed by atoms with Gasteiger partial charge in [-0.25, -0.2) is 19.3 Å². The van der Waals surface area contributed by atoms with Crippen LogP contribution in [0.25, 0.3) is 0 Å². The van der Waals surface area contributed by atoms with Gasteiger partial charge in [-0.1, -0.05) is 17.7 Å². The van der Waals surface area contributed by atoms with Gasteiger partial charge < -0.3 is 0 Å². The minimum atomic E-state index is -0.871. The zero-order valence-corrected chi connectivity index (χ0v) is 13.6. The molecule has 2 aromatic rings. The summed E-state index contributed by atoms with van der Waals surface area (Å²) in [5, 5.41) is 13.0. The number of rotatable bonds is 4. The Bertz CT molecular complexity index is 838. The Morgan fingerprint density at radius 3 is 2.56 bits per heavy atom. The number of hydroxylamine groups is 1. The van der Waals surface area contributed by atoms with Gasteiger partial charge in [0.1, 0.15) is 11.6 Å². The highest BCUT2D eigenvalue weighted by atomic mass is 35.5. The number of benzene rings is 2. The summed E-state index contributed by atoms with van der Waals surface area (Å²) in [6.07, 6.45) is 1.03. The van der Waals surface area contributed by atoms with E-state index in [-0.39, 0.29) is 21.7 Å². The number of nitrogens with one attached hydrogen (secondary N) is 1. The topological polar surface area (TPSA) is 82.0 Å². The van der Waals surface area contributed by atoms with Crippen LogP contribution in [0.5, 0.6) is 0 Å². The molecule has 0 fully saturated rings. The molecule has 9 heteroatoms. The lowest BCUT2D eigenvalue weighted by Crippen LogP contribution is -2.23. The Labute approximate surface area is 146 Å². The lowest BCUT2D eigenvalue weighted by molar-refractivity contribution is 0.0705. The highest BCUT2D eigenvalue weighted by Gasteiger charge is 2.19. The molecule has 0 unspecified atom stereocenters. The minimum Gasteiger partial charge on any atom is -0.288 e. The first-order valence-corrected chi connectivity index (χ1v) is 7.23. The molecule has 0 radical (unpaired) electrons. The summed E-state index contributed by atoms with van der Waals surface area (Å²) < 4.78 is 27.7. The average Bonchev–Trinajstić information content (AvgIpc) is 2.59. The molecule has 2 N–H and O–H groups in total. The molecule has 25 heavy (non-hydrogen) atoms. The predicted molar refractivity (Wildman–Crippen MR) is 86.8 cm³/mol. The van der Waals surface area contributed by atoms with Gasteiger partial charge in [0.05, 0.1) is 16.8 Å². The van der Waals surface area contributed by atoms with E-state index >= 15 is 0 Å². The van der Waals surface area contributed by atoms with Crippen LogP contribution in [-0.2, 0) is 0 Å². The van der Waals surface area contributed by atoms with Crippen LogP contribution in [0.2, 0.25) is 5.02 Å². The van der Waals surface area contributed by atoms with E-state index < -0.39 is 23.4 Å². The van der Waals surface area contributed by atoms with Gasteiger partial charge in [-0.3, -0.25) is 14.8 Å². The number of hydrogen-bond donors (Lipinski definition) is 2. The Morgan fingerprint density at radius 2 is 1.96 bits per heavy atom. The number of carbonyl (C=O) groups excluding carboxylic acids is 2. The summed E-state index contributed by atoms with van der Waals surface area (Å²) in [4.78, 5) is 23.4. The monoisotopic (exact) mass is 367 g/mol. The number of amides is 2. The van der Waals surface area contributed by atoms with Crippen molar-refractivity contribution in [2.24, 2.45) is 5.10 Å². The van der Waals surface area contributed by atoms with Gasteiger partial charge in [0, 0.05) is 18.2 Å². The van der Waals surface area contributed by atoms with E-state index in [0.29, 0.717) is 0 Å². The largest absolute Gasteiger partial charge is 0.288 e. The molecule has 2 rings (SSSR count). The maximum Gasteiger partial charge on any atom is 0.278 e. The summed E-state index contributed by atoms with van der Waals surface area (Å²) in [5.41, 5.74) is 0.917. The Hall–Kier alpha value is -2.84. The van der Waals surface area contributed by atoms with Crippen LogP contribution in [0, 0.1) is 11.6 Å². The molecule has 0 spiro atoms. The maximum atomic E-state index is 13.9. The predicted octanol–water partition coefficient (Wildman–Crippen LogP) is 2.84. The van der Waals surface area contributed by atoms with Crippen LogP contribution in [0.15, 0.2) is 41.5 Å². The lowest BCUT2D eigenvalue weighted by Gasteiger charge is -2.12. The average molecular weight is 368 g/mol. The third kappa shape index (κ3) is 4.17. The molecule has 0 bridgehead atoms. The van der Waals surface area contributed by atoms with Crippen molar-refractivity contribution in [1.29, 1.82) is 0 Å². The molecule has 2 aromatic carbocycles. The summed E-state index contributed by atoms with van der Waals surface area (Å²) >= 11 is 5.81. The van der Waals surface area contributed by atoms with Crippen molar-refractivity contribution in [2.75, 3.05) is 7.05 Å². The molecule has 0 heterocycles. The fourth-order valence-corrected chi connectivity index (χ4v) is 2.15. The van der Waals surface area contributed by atoms with Gasteiger partial charge in [0.15, 0.2) is 0 Å². The van der Waals surface area contributed by atoms with E-state index in [2.05, 4.69) is 5.10 Å². The van der Waals surface area contributed by atoms with Gasteiger partial charge in [0.2, 0.25) is 0 Å². The standard InChI is InChI=1S/C16H12ClF2N3O3/c1-22(16(24)14-11(17)3-2-4-12(14)18)20-8-10-6-5-9(7-13(10)19)15(23)21-25/h2-8,25H,1H3,(H,21,23). The number of hydrazone groups is 1. The molecular weight excluding hydrogens is 356 g/mol. The molecule has 0 saturated heterocycles. The van der Waals surface area contributed by atoms with Gasteiger partial charge >= 0.3 is 0 Å². The van der Waals surface area contributed by atoms with E-state index in [9.17, 15) is 18.4 Å². The van der Waals surface area contributed by atoms with Gasteiger partial charge in [-0.15, -0.1) is 0 Å².